The molecule has 0 spiro atoms. The van der Waals surface area contributed by atoms with E-state index in [1.165, 1.54) is 13.0 Å². The van der Waals surface area contributed by atoms with Crippen molar-refractivity contribution in [1.29, 1.82) is 0 Å². The summed E-state index contributed by atoms with van der Waals surface area (Å²) in [4.78, 5) is 12.5. The van der Waals surface area contributed by atoms with Crippen LogP contribution in [0.5, 0.6) is 5.75 Å². The fourth-order valence-electron chi connectivity index (χ4n) is 2.87. The summed E-state index contributed by atoms with van der Waals surface area (Å²) in [5.74, 6) is 0.333. The van der Waals surface area contributed by atoms with Crippen molar-refractivity contribution in [3.63, 3.8) is 0 Å². The number of rotatable bonds is 8. The predicted molar refractivity (Wildman–Crippen MR) is 113 cm³/mol. The Morgan fingerprint density at radius 3 is 2.54 bits per heavy atom. The summed E-state index contributed by atoms with van der Waals surface area (Å²) in [6, 6.07) is 11.3. The van der Waals surface area contributed by atoms with E-state index in [2.05, 4.69) is 5.32 Å². The molecule has 152 valence electrons. The molecule has 0 bridgehead atoms. The molecule has 0 saturated carbocycles. The standard InChI is InChI=1S/C20H25ClN2O4S/c1-14-8-9-19(15(2)12-14)27-11-10-22-20(24)16(3)23(28(4,25)26)18-7-5-6-17(21)13-18/h5-9,12-13,16H,10-11H2,1-4H3,(H,22,24)/t16-/m1/s1. The minimum Gasteiger partial charge on any atom is -0.491 e. The summed E-state index contributed by atoms with van der Waals surface area (Å²) in [5.41, 5.74) is 2.50. The first-order chi connectivity index (χ1) is 13.1. The average Bonchev–Trinajstić information content (AvgIpc) is 2.59. The van der Waals surface area contributed by atoms with E-state index in [4.69, 9.17) is 16.3 Å². The second kappa shape index (κ2) is 9.30. The molecule has 2 aromatic carbocycles. The molecule has 0 fully saturated rings. The molecule has 1 amide bonds. The maximum absolute atomic E-state index is 12.5. The van der Waals surface area contributed by atoms with Gasteiger partial charge in [0.2, 0.25) is 15.9 Å². The number of nitrogens with one attached hydrogen (secondary N) is 1. The second-order valence-electron chi connectivity index (χ2n) is 6.62. The number of carbonyl (C=O) groups excluding carboxylic acids is 1. The number of sulfonamides is 1. The highest BCUT2D eigenvalue weighted by atomic mass is 35.5. The van der Waals surface area contributed by atoms with Gasteiger partial charge in [0.25, 0.3) is 0 Å². The Balaban J connectivity index is 1.99. The number of amides is 1. The van der Waals surface area contributed by atoms with Crippen LogP contribution in [0.3, 0.4) is 0 Å². The topological polar surface area (TPSA) is 75.7 Å². The molecule has 0 aliphatic carbocycles. The van der Waals surface area contributed by atoms with Crippen molar-refractivity contribution in [3.05, 3.63) is 58.6 Å². The summed E-state index contributed by atoms with van der Waals surface area (Å²) in [6.07, 6.45) is 1.06. The zero-order valence-corrected chi connectivity index (χ0v) is 18.0. The van der Waals surface area contributed by atoms with Crippen LogP contribution < -0.4 is 14.4 Å². The van der Waals surface area contributed by atoms with Crippen molar-refractivity contribution in [2.24, 2.45) is 0 Å². The van der Waals surface area contributed by atoms with Gasteiger partial charge in [-0.15, -0.1) is 0 Å². The summed E-state index contributed by atoms with van der Waals surface area (Å²) in [7, 11) is -3.68. The van der Waals surface area contributed by atoms with Gasteiger partial charge < -0.3 is 10.1 Å². The maximum atomic E-state index is 12.5. The van der Waals surface area contributed by atoms with Crippen LogP contribution in [0.25, 0.3) is 0 Å². The van der Waals surface area contributed by atoms with Crippen LogP contribution in [0, 0.1) is 13.8 Å². The van der Waals surface area contributed by atoms with Crippen LogP contribution in [-0.4, -0.2) is 39.8 Å². The van der Waals surface area contributed by atoms with Crippen LogP contribution in [0.4, 0.5) is 5.69 Å². The summed E-state index contributed by atoms with van der Waals surface area (Å²) in [6.45, 7) is 6.02. The third-order valence-electron chi connectivity index (χ3n) is 4.14. The number of benzene rings is 2. The van der Waals surface area contributed by atoms with Gasteiger partial charge in [-0.05, 0) is 50.6 Å². The highest BCUT2D eigenvalue weighted by Gasteiger charge is 2.29. The number of ether oxygens (including phenoxy) is 1. The zero-order chi connectivity index (χ0) is 20.9. The van der Waals surface area contributed by atoms with Gasteiger partial charge in [0.05, 0.1) is 18.5 Å². The number of halogens is 1. The monoisotopic (exact) mass is 424 g/mol. The highest BCUT2D eigenvalue weighted by molar-refractivity contribution is 7.92. The molecule has 0 aliphatic heterocycles. The molecular weight excluding hydrogens is 400 g/mol. The fraction of sp³-hybridized carbons (Fsp3) is 0.350. The van der Waals surface area contributed by atoms with Gasteiger partial charge in [-0.25, -0.2) is 8.42 Å². The molecule has 8 heteroatoms. The number of aryl methyl sites for hydroxylation is 2. The number of anilines is 1. The number of hydrogen-bond acceptors (Lipinski definition) is 4. The molecule has 0 aliphatic rings. The molecule has 0 aromatic heterocycles. The average molecular weight is 425 g/mol. The van der Waals surface area contributed by atoms with Crippen LogP contribution in [-0.2, 0) is 14.8 Å². The van der Waals surface area contributed by atoms with Gasteiger partial charge >= 0.3 is 0 Å². The van der Waals surface area contributed by atoms with Gasteiger partial charge in [-0.3, -0.25) is 9.10 Å². The van der Waals surface area contributed by atoms with Crippen LogP contribution in [0.1, 0.15) is 18.1 Å². The molecule has 28 heavy (non-hydrogen) atoms. The molecule has 0 saturated heterocycles. The third kappa shape index (κ3) is 5.87. The first-order valence-corrected chi connectivity index (χ1v) is 11.0. The Kier molecular flexibility index (Phi) is 7.32. The lowest BCUT2D eigenvalue weighted by molar-refractivity contribution is -0.121. The maximum Gasteiger partial charge on any atom is 0.243 e. The quantitative estimate of drug-likeness (QED) is 0.659. The van der Waals surface area contributed by atoms with Crippen molar-refractivity contribution in [3.8, 4) is 5.75 Å². The van der Waals surface area contributed by atoms with Crippen molar-refractivity contribution in [1.82, 2.24) is 5.32 Å². The molecule has 0 heterocycles. The van der Waals surface area contributed by atoms with Crippen molar-refractivity contribution < 1.29 is 17.9 Å². The molecule has 2 rings (SSSR count). The first kappa shape index (κ1) is 22.0. The lowest BCUT2D eigenvalue weighted by Gasteiger charge is -2.28. The fourth-order valence-corrected chi connectivity index (χ4v) is 4.22. The SMILES string of the molecule is Cc1ccc(OCCNC(=O)[C@@H](C)N(c2cccc(Cl)c2)S(C)(=O)=O)c(C)c1. The largest absolute Gasteiger partial charge is 0.491 e. The first-order valence-electron chi connectivity index (χ1n) is 8.82. The summed E-state index contributed by atoms with van der Waals surface area (Å²) < 4.78 is 31.2. The van der Waals surface area contributed by atoms with Crippen LogP contribution in [0.2, 0.25) is 5.02 Å². The molecule has 6 nitrogen and oxygen atoms in total. The second-order valence-corrected chi connectivity index (χ2v) is 8.92. The normalized spacial score (nSPS) is 12.3. The predicted octanol–water partition coefficient (Wildman–Crippen LogP) is 3.31. The van der Waals surface area contributed by atoms with E-state index in [0.717, 1.165) is 27.4 Å². The molecule has 0 radical (unpaired) electrons. The van der Waals surface area contributed by atoms with Gasteiger partial charge in [0.15, 0.2) is 0 Å². The van der Waals surface area contributed by atoms with Gasteiger partial charge in [0.1, 0.15) is 18.4 Å². The van der Waals surface area contributed by atoms with Crippen molar-refractivity contribution >= 4 is 33.2 Å². The van der Waals surface area contributed by atoms with E-state index in [9.17, 15) is 13.2 Å². The van der Waals surface area contributed by atoms with Crippen molar-refractivity contribution in [2.75, 3.05) is 23.7 Å². The van der Waals surface area contributed by atoms with E-state index >= 15 is 0 Å². The Bertz CT molecular complexity index is 947. The van der Waals surface area contributed by atoms with Gasteiger partial charge in [0, 0.05) is 5.02 Å². The zero-order valence-electron chi connectivity index (χ0n) is 16.4. The van der Waals surface area contributed by atoms with Crippen molar-refractivity contribution in [2.45, 2.75) is 26.8 Å². The number of nitrogens with zero attached hydrogens (tertiary/aromatic N) is 1. The van der Waals surface area contributed by atoms with Gasteiger partial charge in [-0.2, -0.15) is 0 Å². The van der Waals surface area contributed by atoms with E-state index in [1.54, 1.807) is 18.2 Å². The van der Waals surface area contributed by atoms with Gasteiger partial charge in [-0.1, -0.05) is 35.4 Å². The number of carbonyl (C=O) groups is 1. The number of hydrogen-bond donors (Lipinski definition) is 1. The molecule has 0 unspecified atom stereocenters. The molecule has 1 atom stereocenters. The Labute approximate surface area is 171 Å². The third-order valence-corrected chi connectivity index (χ3v) is 5.62. The minimum absolute atomic E-state index is 0.254. The van der Waals surface area contributed by atoms with E-state index < -0.39 is 22.0 Å². The molecule has 1 N–H and O–H groups in total. The molecule has 2 aromatic rings. The van der Waals surface area contributed by atoms with E-state index in [-0.39, 0.29) is 13.2 Å². The van der Waals surface area contributed by atoms with E-state index in [1.807, 2.05) is 32.0 Å². The minimum atomic E-state index is -3.68. The molecular formula is C20H25ClN2O4S. The van der Waals surface area contributed by atoms with E-state index in [0.29, 0.717) is 10.7 Å². The summed E-state index contributed by atoms with van der Waals surface area (Å²) >= 11 is 5.97. The van der Waals surface area contributed by atoms with Crippen LogP contribution >= 0.6 is 11.6 Å². The Morgan fingerprint density at radius 1 is 1.21 bits per heavy atom. The highest BCUT2D eigenvalue weighted by Crippen LogP contribution is 2.24. The Hall–Kier alpha value is -2.25. The Morgan fingerprint density at radius 2 is 1.93 bits per heavy atom. The summed E-state index contributed by atoms with van der Waals surface area (Å²) in [5, 5.41) is 3.11. The smallest absolute Gasteiger partial charge is 0.243 e. The lowest BCUT2D eigenvalue weighted by atomic mass is 10.1. The van der Waals surface area contributed by atoms with Crippen LogP contribution in [0.15, 0.2) is 42.5 Å². The lowest BCUT2D eigenvalue weighted by Crippen LogP contribution is -2.48.